The molecular formula is C18H28N2O. The third-order valence-corrected chi connectivity index (χ3v) is 4.36. The van der Waals surface area contributed by atoms with E-state index in [1.807, 2.05) is 26.1 Å². The summed E-state index contributed by atoms with van der Waals surface area (Å²) in [6.07, 6.45) is 3.59. The Hall–Kier alpha value is -1.53. The summed E-state index contributed by atoms with van der Waals surface area (Å²) in [7, 11) is 1.85. The molecule has 21 heavy (non-hydrogen) atoms. The van der Waals surface area contributed by atoms with Crippen LogP contribution in [0.1, 0.15) is 57.9 Å². The zero-order valence-corrected chi connectivity index (χ0v) is 13.8. The molecule has 0 aromatic heterocycles. The molecule has 0 radical (unpaired) electrons. The second-order valence-electron chi connectivity index (χ2n) is 5.60. The second kappa shape index (κ2) is 8.69. The summed E-state index contributed by atoms with van der Waals surface area (Å²) in [5.74, 6) is 1.49. The highest BCUT2D eigenvalue weighted by molar-refractivity contribution is 5.35. The molecule has 3 nitrogen and oxygen atoms in total. The average molecular weight is 288 g/mol. The highest BCUT2D eigenvalue weighted by Gasteiger charge is 2.24. The van der Waals surface area contributed by atoms with E-state index in [2.05, 4.69) is 37.4 Å². The van der Waals surface area contributed by atoms with Crippen molar-refractivity contribution in [2.45, 2.75) is 57.9 Å². The maximum Gasteiger partial charge on any atom is 0.122 e. The molecule has 1 N–H and O–H groups in total. The lowest BCUT2D eigenvalue weighted by atomic mass is 9.92. The molecule has 0 bridgehead atoms. The number of hydrogen-bond acceptors (Lipinski definition) is 3. The van der Waals surface area contributed by atoms with Crippen LogP contribution in [0.4, 0.5) is 0 Å². The lowest BCUT2D eigenvalue weighted by Gasteiger charge is -2.24. The largest absolute Gasteiger partial charge is 0.493 e. The number of hydrogen-bond donors (Lipinski definition) is 1. The molecule has 0 aliphatic rings. The standard InChI is InChI=1S/C18H28N2O/c1-5-15(3)16-10-7-8-11-17(16)21-13-9-12-18(6-2,14-19)20-4/h7-8,10-11,15,20H,5-6,9,12-13H2,1-4H3. The van der Waals surface area contributed by atoms with Gasteiger partial charge in [-0.1, -0.05) is 39.0 Å². The number of nitrogens with one attached hydrogen (secondary N) is 1. The molecule has 2 unspecified atom stereocenters. The highest BCUT2D eigenvalue weighted by Crippen LogP contribution is 2.28. The molecule has 0 saturated heterocycles. The number of nitriles is 1. The fourth-order valence-electron chi connectivity index (χ4n) is 2.46. The van der Waals surface area contributed by atoms with Crippen molar-refractivity contribution in [1.82, 2.24) is 5.32 Å². The van der Waals surface area contributed by atoms with E-state index >= 15 is 0 Å². The normalized spacial score (nSPS) is 15.0. The Balaban J connectivity index is 2.56. The van der Waals surface area contributed by atoms with Gasteiger partial charge in [0.1, 0.15) is 11.3 Å². The van der Waals surface area contributed by atoms with Crippen LogP contribution in [-0.2, 0) is 0 Å². The van der Waals surface area contributed by atoms with Crippen molar-refractivity contribution in [3.63, 3.8) is 0 Å². The second-order valence-corrected chi connectivity index (χ2v) is 5.60. The minimum Gasteiger partial charge on any atom is -0.493 e. The summed E-state index contributed by atoms with van der Waals surface area (Å²) in [6.45, 7) is 7.11. The first-order chi connectivity index (χ1) is 10.1. The van der Waals surface area contributed by atoms with Gasteiger partial charge < -0.3 is 10.1 Å². The number of benzene rings is 1. The van der Waals surface area contributed by atoms with Crippen molar-refractivity contribution in [2.24, 2.45) is 0 Å². The average Bonchev–Trinajstić information content (AvgIpc) is 2.55. The van der Waals surface area contributed by atoms with Gasteiger partial charge in [-0.15, -0.1) is 0 Å². The van der Waals surface area contributed by atoms with E-state index in [0.717, 1.165) is 31.4 Å². The van der Waals surface area contributed by atoms with Gasteiger partial charge in [0.2, 0.25) is 0 Å². The van der Waals surface area contributed by atoms with Crippen LogP contribution in [0.15, 0.2) is 24.3 Å². The first-order valence-electron chi connectivity index (χ1n) is 7.94. The molecule has 0 spiro atoms. The number of rotatable bonds is 9. The number of ether oxygens (including phenoxy) is 1. The van der Waals surface area contributed by atoms with E-state index < -0.39 is 5.54 Å². The maximum absolute atomic E-state index is 9.29. The Morgan fingerprint density at radius 1 is 1.33 bits per heavy atom. The maximum atomic E-state index is 9.29. The van der Waals surface area contributed by atoms with Gasteiger partial charge in [0.15, 0.2) is 0 Å². The van der Waals surface area contributed by atoms with Crippen LogP contribution in [0.2, 0.25) is 0 Å². The SMILES string of the molecule is CCC(C)c1ccccc1OCCCC(C#N)(CC)NC. The van der Waals surface area contributed by atoms with Crippen LogP contribution in [0, 0.1) is 11.3 Å². The zero-order valence-electron chi connectivity index (χ0n) is 13.8. The first kappa shape index (κ1) is 17.5. The predicted molar refractivity (Wildman–Crippen MR) is 87.6 cm³/mol. The van der Waals surface area contributed by atoms with Crippen LogP contribution in [0.5, 0.6) is 5.75 Å². The van der Waals surface area contributed by atoms with Crippen molar-refractivity contribution in [3.8, 4) is 11.8 Å². The third-order valence-electron chi connectivity index (χ3n) is 4.36. The fourth-order valence-corrected chi connectivity index (χ4v) is 2.46. The molecule has 0 amide bonds. The summed E-state index contributed by atoms with van der Waals surface area (Å²) in [5, 5.41) is 12.4. The summed E-state index contributed by atoms with van der Waals surface area (Å²) < 4.78 is 5.95. The smallest absolute Gasteiger partial charge is 0.122 e. The molecule has 3 heteroatoms. The quantitative estimate of drug-likeness (QED) is 0.691. The van der Waals surface area contributed by atoms with Crippen LogP contribution in [-0.4, -0.2) is 19.2 Å². The molecular weight excluding hydrogens is 260 g/mol. The molecule has 0 aliphatic carbocycles. The lowest BCUT2D eigenvalue weighted by molar-refractivity contribution is 0.278. The van der Waals surface area contributed by atoms with E-state index in [4.69, 9.17) is 4.74 Å². The van der Waals surface area contributed by atoms with Gasteiger partial charge in [0, 0.05) is 0 Å². The zero-order chi connectivity index (χ0) is 15.7. The Morgan fingerprint density at radius 3 is 2.62 bits per heavy atom. The molecule has 1 aromatic carbocycles. The summed E-state index contributed by atoms with van der Waals surface area (Å²) >= 11 is 0. The Kier molecular flexibility index (Phi) is 7.25. The van der Waals surface area contributed by atoms with Gasteiger partial charge in [-0.3, -0.25) is 0 Å². The van der Waals surface area contributed by atoms with Gasteiger partial charge in [0.05, 0.1) is 12.7 Å². The van der Waals surface area contributed by atoms with E-state index in [-0.39, 0.29) is 0 Å². The predicted octanol–water partition coefficient (Wildman–Crippen LogP) is 4.25. The van der Waals surface area contributed by atoms with E-state index in [1.54, 1.807) is 0 Å². The minimum absolute atomic E-state index is 0.417. The Morgan fingerprint density at radius 2 is 2.05 bits per heavy atom. The van der Waals surface area contributed by atoms with E-state index in [1.165, 1.54) is 5.56 Å². The van der Waals surface area contributed by atoms with Gasteiger partial charge >= 0.3 is 0 Å². The van der Waals surface area contributed by atoms with Crippen LogP contribution in [0.3, 0.4) is 0 Å². The molecule has 116 valence electrons. The molecule has 2 atom stereocenters. The van der Waals surface area contributed by atoms with Gasteiger partial charge in [0.25, 0.3) is 0 Å². The van der Waals surface area contributed by atoms with Gasteiger partial charge in [-0.05, 0) is 50.3 Å². The molecule has 0 aliphatic heterocycles. The molecule has 0 fully saturated rings. The monoisotopic (exact) mass is 288 g/mol. The Labute approximate surface area is 129 Å². The fraction of sp³-hybridized carbons (Fsp3) is 0.611. The summed E-state index contributed by atoms with van der Waals surface area (Å²) in [4.78, 5) is 0. The van der Waals surface area contributed by atoms with Crippen LogP contribution in [0.25, 0.3) is 0 Å². The van der Waals surface area contributed by atoms with Crippen molar-refractivity contribution in [2.75, 3.05) is 13.7 Å². The van der Waals surface area contributed by atoms with E-state index in [9.17, 15) is 5.26 Å². The third kappa shape index (κ3) is 4.75. The van der Waals surface area contributed by atoms with Crippen LogP contribution >= 0.6 is 0 Å². The van der Waals surface area contributed by atoms with Crippen molar-refractivity contribution >= 4 is 0 Å². The molecule has 1 rings (SSSR count). The van der Waals surface area contributed by atoms with Crippen molar-refractivity contribution in [1.29, 1.82) is 5.26 Å². The number of nitrogens with zero attached hydrogens (tertiary/aromatic N) is 1. The minimum atomic E-state index is -0.417. The van der Waals surface area contributed by atoms with Crippen molar-refractivity contribution < 1.29 is 4.74 Å². The molecule has 0 heterocycles. The number of para-hydroxylation sites is 1. The highest BCUT2D eigenvalue weighted by atomic mass is 16.5. The topological polar surface area (TPSA) is 45.0 Å². The van der Waals surface area contributed by atoms with Crippen molar-refractivity contribution in [3.05, 3.63) is 29.8 Å². The first-order valence-corrected chi connectivity index (χ1v) is 7.94. The summed E-state index contributed by atoms with van der Waals surface area (Å²) in [5.41, 5.74) is 0.857. The van der Waals surface area contributed by atoms with Gasteiger partial charge in [-0.25, -0.2) is 0 Å². The van der Waals surface area contributed by atoms with E-state index in [0.29, 0.717) is 12.5 Å². The van der Waals surface area contributed by atoms with Crippen LogP contribution < -0.4 is 10.1 Å². The van der Waals surface area contributed by atoms with Gasteiger partial charge in [-0.2, -0.15) is 5.26 Å². The molecule has 1 aromatic rings. The summed E-state index contributed by atoms with van der Waals surface area (Å²) in [6, 6.07) is 10.6. The lowest BCUT2D eigenvalue weighted by Crippen LogP contribution is -2.41. The molecule has 0 saturated carbocycles. The Bertz CT molecular complexity index is 461.